The number of nitrogens with two attached hydrogens (primary N) is 1. The number of rotatable bonds is 3. The summed E-state index contributed by atoms with van der Waals surface area (Å²) in [6.45, 7) is 4.54. The van der Waals surface area contributed by atoms with E-state index in [4.69, 9.17) is 5.73 Å². The highest BCUT2D eigenvalue weighted by atomic mass is 19.4. The van der Waals surface area contributed by atoms with Crippen LogP contribution in [-0.2, 0) is 0 Å². The third-order valence-electron chi connectivity index (χ3n) is 3.12. The summed E-state index contributed by atoms with van der Waals surface area (Å²) in [6.07, 6.45) is -3.19. The van der Waals surface area contributed by atoms with E-state index in [9.17, 15) is 13.2 Å². The van der Waals surface area contributed by atoms with E-state index in [2.05, 4.69) is 6.92 Å². The molecule has 1 aliphatic rings. The Balaban J connectivity index is 2.52. The van der Waals surface area contributed by atoms with E-state index >= 15 is 0 Å². The molecule has 0 aromatic heterocycles. The van der Waals surface area contributed by atoms with Crippen molar-refractivity contribution in [2.45, 2.75) is 32.5 Å². The zero-order chi connectivity index (χ0) is 11.6. The van der Waals surface area contributed by atoms with Gasteiger partial charge >= 0.3 is 6.18 Å². The summed E-state index contributed by atoms with van der Waals surface area (Å²) in [7, 11) is 0. The largest absolute Gasteiger partial charge is 0.394 e. The molecule has 0 bridgehead atoms. The molecule has 2 nitrogen and oxygen atoms in total. The Morgan fingerprint density at radius 3 is 2.33 bits per heavy atom. The van der Waals surface area contributed by atoms with Crippen LogP contribution in [0.15, 0.2) is 0 Å². The molecule has 1 heterocycles. The van der Waals surface area contributed by atoms with Crippen LogP contribution < -0.4 is 5.73 Å². The highest BCUT2D eigenvalue weighted by Gasteiger charge is 2.41. The van der Waals surface area contributed by atoms with E-state index in [0.29, 0.717) is 5.92 Å². The van der Waals surface area contributed by atoms with Crippen LogP contribution in [0.3, 0.4) is 0 Å². The summed E-state index contributed by atoms with van der Waals surface area (Å²) in [6, 6.07) is 0.247. The van der Waals surface area contributed by atoms with E-state index in [1.165, 1.54) is 0 Å². The zero-order valence-corrected chi connectivity index (χ0v) is 9.22. The van der Waals surface area contributed by atoms with Crippen molar-refractivity contribution >= 4 is 0 Å². The van der Waals surface area contributed by atoms with Gasteiger partial charge in [-0.3, -0.25) is 4.90 Å². The molecule has 0 aliphatic carbocycles. The highest BCUT2D eigenvalue weighted by molar-refractivity contribution is 4.83. The maximum Gasteiger partial charge on any atom is 0.394 e. The number of halogens is 3. The maximum atomic E-state index is 12.5. The van der Waals surface area contributed by atoms with Crippen LogP contribution in [0.5, 0.6) is 0 Å². The molecule has 3 unspecified atom stereocenters. The van der Waals surface area contributed by atoms with Crippen LogP contribution in [0.2, 0.25) is 0 Å². The van der Waals surface area contributed by atoms with Crippen molar-refractivity contribution in [3.05, 3.63) is 0 Å². The highest BCUT2D eigenvalue weighted by Crippen LogP contribution is 2.30. The Morgan fingerprint density at radius 2 is 2.00 bits per heavy atom. The maximum absolute atomic E-state index is 12.5. The van der Waals surface area contributed by atoms with Gasteiger partial charge in [-0.1, -0.05) is 6.92 Å². The Bertz CT molecular complexity index is 205. The summed E-state index contributed by atoms with van der Waals surface area (Å²) in [5.41, 5.74) is 5.17. The Morgan fingerprint density at radius 1 is 1.40 bits per heavy atom. The van der Waals surface area contributed by atoms with Gasteiger partial charge in [0.25, 0.3) is 0 Å². The van der Waals surface area contributed by atoms with Crippen molar-refractivity contribution in [2.75, 3.05) is 19.6 Å². The van der Waals surface area contributed by atoms with Crippen molar-refractivity contribution in [3.8, 4) is 0 Å². The fourth-order valence-corrected chi connectivity index (χ4v) is 2.24. The lowest BCUT2D eigenvalue weighted by atomic mass is 10.1. The van der Waals surface area contributed by atoms with Crippen LogP contribution in [0.4, 0.5) is 13.2 Å². The minimum absolute atomic E-state index is 0.0471. The standard InChI is InChI=1S/C10H19F3N2/c1-7-3-8(2)15(5-7)6-9(4-14)10(11,12)13/h7-9H,3-6,14H2,1-2H3. The smallest absolute Gasteiger partial charge is 0.330 e. The predicted octanol–water partition coefficient (Wildman–Crippen LogP) is 1.85. The van der Waals surface area contributed by atoms with Crippen molar-refractivity contribution < 1.29 is 13.2 Å². The Hall–Kier alpha value is -0.290. The third-order valence-corrected chi connectivity index (χ3v) is 3.12. The SMILES string of the molecule is CC1CC(C)N(CC(CN)C(F)(F)F)C1. The van der Waals surface area contributed by atoms with E-state index in [1.807, 2.05) is 11.8 Å². The molecule has 5 heteroatoms. The topological polar surface area (TPSA) is 29.3 Å². The molecule has 15 heavy (non-hydrogen) atoms. The van der Waals surface area contributed by atoms with Crippen LogP contribution in [0.1, 0.15) is 20.3 Å². The van der Waals surface area contributed by atoms with Crippen molar-refractivity contribution in [2.24, 2.45) is 17.6 Å². The molecule has 90 valence electrons. The monoisotopic (exact) mass is 224 g/mol. The number of nitrogens with zero attached hydrogens (tertiary/aromatic N) is 1. The van der Waals surface area contributed by atoms with E-state index < -0.39 is 12.1 Å². The molecule has 3 atom stereocenters. The van der Waals surface area contributed by atoms with Crippen LogP contribution in [-0.4, -0.2) is 36.8 Å². The molecule has 2 N–H and O–H groups in total. The fraction of sp³-hybridized carbons (Fsp3) is 1.00. The number of likely N-dealkylation sites (tertiary alicyclic amines) is 1. The lowest BCUT2D eigenvalue weighted by molar-refractivity contribution is -0.176. The first-order valence-electron chi connectivity index (χ1n) is 5.35. The summed E-state index contributed by atoms with van der Waals surface area (Å²) in [5, 5.41) is 0. The molecular weight excluding hydrogens is 205 g/mol. The van der Waals surface area contributed by atoms with Crippen molar-refractivity contribution in [1.82, 2.24) is 4.90 Å². The first-order valence-corrected chi connectivity index (χ1v) is 5.35. The quantitative estimate of drug-likeness (QED) is 0.792. The van der Waals surface area contributed by atoms with Gasteiger partial charge in [-0.05, 0) is 19.3 Å². The van der Waals surface area contributed by atoms with Crippen LogP contribution in [0, 0.1) is 11.8 Å². The molecule has 0 saturated carbocycles. The fourth-order valence-electron chi connectivity index (χ4n) is 2.24. The molecule has 1 saturated heterocycles. The summed E-state index contributed by atoms with van der Waals surface area (Å²) >= 11 is 0. The van der Waals surface area contributed by atoms with Crippen molar-refractivity contribution in [1.29, 1.82) is 0 Å². The number of hydrogen-bond acceptors (Lipinski definition) is 2. The molecule has 0 aromatic rings. The number of alkyl halides is 3. The van der Waals surface area contributed by atoms with E-state index in [0.717, 1.165) is 13.0 Å². The second kappa shape index (κ2) is 4.70. The summed E-state index contributed by atoms with van der Waals surface area (Å²) < 4.78 is 37.5. The average Bonchev–Trinajstić information content (AvgIpc) is 2.38. The second-order valence-corrected chi connectivity index (χ2v) is 4.62. The van der Waals surface area contributed by atoms with Gasteiger partial charge in [-0.15, -0.1) is 0 Å². The molecule has 0 aromatic carbocycles. The molecule has 1 fully saturated rings. The number of hydrogen-bond donors (Lipinski definition) is 1. The molecule has 0 amide bonds. The van der Waals surface area contributed by atoms with Crippen molar-refractivity contribution in [3.63, 3.8) is 0 Å². The van der Waals surface area contributed by atoms with Gasteiger partial charge < -0.3 is 5.73 Å². The van der Waals surface area contributed by atoms with Crippen LogP contribution in [0.25, 0.3) is 0 Å². The molecular formula is C10H19F3N2. The summed E-state index contributed by atoms with van der Waals surface area (Å²) in [4.78, 5) is 1.90. The average molecular weight is 224 g/mol. The Kier molecular flexibility index (Phi) is 4.00. The zero-order valence-electron chi connectivity index (χ0n) is 9.22. The normalized spacial score (nSPS) is 30.8. The van der Waals surface area contributed by atoms with Gasteiger partial charge in [-0.25, -0.2) is 0 Å². The van der Waals surface area contributed by atoms with Crippen LogP contribution >= 0.6 is 0 Å². The molecule has 0 spiro atoms. The predicted molar refractivity (Wildman–Crippen MR) is 53.4 cm³/mol. The molecule has 1 rings (SSSR count). The lowest BCUT2D eigenvalue weighted by Crippen LogP contribution is -2.42. The van der Waals surface area contributed by atoms with E-state index in [1.54, 1.807) is 0 Å². The van der Waals surface area contributed by atoms with E-state index in [-0.39, 0.29) is 19.1 Å². The second-order valence-electron chi connectivity index (χ2n) is 4.62. The Labute approximate surface area is 88.6 Å². The van der Waals surface area contributed by atoms with Gasteiger partial charge in [0.05, 0.1) is 5.92 Å². The van der Waals surface area contributed by atoms with Gasteiger partial charge in [0.15, 0.2) is 0 Å². The summed E-state index contributed by atoms with van der Waals surface area (Å²) in [5.74, 6) is -0.892. The first-order chi connectivity index (χ1) is 6.84. The minimum atomic E-state index is -4.17. The molecule has 0 radical (unpaired) electrons. The van der Waals surface area contributed by atoms with Gasteiger partial charge in [0.1, 0.15) is 0 Å². The first kappa shape index (κ1) is 12.8. The van der Waals surface area contributed by atoms with Gasteiger partial charge in [0, 0.05) is 25.7 Å². The van der Waals surface area contributed by atoms with Gasteiger partial charge in [0.2, 0.25) is 0 Å². The third kappa shape index (κ3) is 3.34. The van der Waals surface area contributed by atoms with Gasteiger partial charge in [-0.2, -0.15) is 13.2 Å². The lowest BCUT2D eigenvalue weighted by Gasteiger charge is -2.27. The molecule has 1 aliphatic heterocycles. The minimum Gasteiger partial charge on any atom is -0.330 e.